The summed E-state index contributed by atoms with van der Waals surface area (Å²) >= 11 is 0. The summed E-state index contributed by atoms with van der Waals surface area (Å²) in [6.07, 6.45) is 1.12. The van der Waals surface area contributed by atoms with Gasteiger partial charge in [0.25, 0.3) is 0 Å². The van der Waals surface area contributed by atoms with E-state index in [4.69, 9.17) is 4.74 Å². The van der Waals surface area contributed by atoms with E-state index in [0.29, 0.717) is 12.6 Å². The van der Waals surface area contributed by atoms with Crippen LogP contribution in [0.25, 0.3) is 0 Å². The summed E-state index contributed by atoms with van der Waals surface area (Å²) in [6, 6.07) is 6.21. The lowest BCUT2D eigenvalue weighted by Gasteiger charge is -2.27. The summed E-state index contributed by atoms with van der Waals surface area (Å²) in [7, 11) is 0. The van der Waals surface area contributed by atoms with Crippen molar-refractivity contribution in [2.75, 3.05) is 13.2 Å². The van der Waals surface area contributed by atoms with Gasteiger partial charge >= 0.3 is 0 Å². The molecule has 0 spiro atoms. The Kier molecular flexibility index (Phi) is 6.73. The molecule has 0 radical (unpaired) electrons. The summed E-state index contributed by atoms with van der Waals surface area (Å²) in [5.74, 6) is 0.986. The number of carbonyl (C=O) groups excluding carboxylic acids is 1. The molecule has 0 amide bonds. The van der Waals surface area contributed by atoms with Crippen LogP contribution < -0.4 is 4.74 Å². The average Bonchev–Trinajstić information content (AvgIpc) is 2.39. The number of Topliss-reactive ketones (excluding diaryl/α,β-unsaturated/α-hetero) is 1. The molecule has 1 aromatic rings. The van der Waals surface area contributed by atoms with Crippen molar-refractivity contribution >= 4 is 5.78 Å². The smallest absolute Gasteiger partial charge is 0.159 e. The first-order chi connectivity index (χ1) is 9.49. The molecule has 0 N–H and O–H groups in total. The van der Waals surface area contributed by atoms with E-state index in [-0.39, 0.29) is 5.78 Å². The van der Waals surface area contributed by atoms with Gasteiger partial charge in [0.05, 0.1) is 6.61 Å². The summed E-state index contributed by atoms with van der Waals surface area (Å²) in [5.41, 5.74) is 1.85. The maximum absolute atomic E-state index is 11.6. The normalized spacial score (nSPS) is 11.2. The Labute approximate surface area is 122 Å². The highest BCUT2D eigenvalue weighted by Gasteiger charge is 2.14. The molecule has 3 nitrogen and oxygen atoms in total. The highest BCUT2D eigenvalue weighted by Crippen LogP contribution is 2.23. The Morgan fingerprint density at radius 2 is 2.00 bits per heavy atom. The van der Waals surface area contributed by atoms with Crippen molar-refractivity contribution in [2.45, 2.75) is 53.6 Å². The predicted molar refractivity (Wildman–Crippen MR) is 83.5 cm³/mol. The Hall–Kier alpha value is -1.35. The van der Waals surface area contributed by atoms with Crippen LogP contribution in [-0.2, 0) is 6.54 Å². The predicted octanol–water partition coefficient (Wildman–Crippen LogP) is 3.91. The molecule has 0 heterocycles. The van der Waals surface area contributed by atoms with Gasteiger partial charge in [-0.15, -0.1) is 0 Å². The zero-order valence-electron chi connectivity index (χ0n) is 13.4. The SMILES string of the molecule is CCCN(Cc1cc(C(C)=O)ccc1OCC)C(C)C. The lowest BCUT2D eigenvalue weighted by atomic mass is 10.1. The second kappa shape index (κ2) is 8.05. The zero-order chi connectivity index (χ0) is 15.1. The number of carbonyl (C=O) groups is 1. The highest BCUT2D eigenvalue weighted by molar-refractivity contribution is 5.94. The van der Waals surface area contributed by atoms with Gasteiger partial charge in [0.15, 0.2) is 5.78 Å². The third-order valence-electron chi connectivity index (χ3n) is 3.38. The molecule has 0 saturated carbocycles. The lowest BCUT2D eigenvalue weighted by Crippen LogP contribution is -2.31. The summed E-state index contributed by atoms with van der Waals surface area (Å²) in [5, 5.41) is 0. The van der Waals surface area contributed by atoms with Crippen molar-refractivity contribution in [1.29, 1.82) is 0 Å². The van der Waals surface area contributed by atoms with Crippen molar-refractivity contribution in [3.05, 3.63) is 29.3 Å². The monoisotopic (exact) mass is 277 g/mol. The fourth-order valence-electron chi connectivity index (χ4n) is 2.24. The fraction of sp³-hybridized carbons (Fsp3) is 0.588. The molecule has 112 valence electrons. The van der Waals surface area contributed by atoms with E-state index in [9.17, 15) is 4.79 Å². The largest absolute Gasteiger partial charge is 0.494 e. The topological polar surface area (TPSA) is 29.5 Å². The van der Waals surface area contributed by atoms with Crippen LogP contribution >= 0.6 is 0 Å². The molecule has 0 aromatic heterocycles. The molecule has 1 aromatic carbocycles. The van der Waals surface area contributed by atoms with E-state index < -0.39 is 0 Å². The molecule has 20 heavy (non-hydrogen) atoms. The van der Waals surface area contributed by atoms with Crippen molar-refractivity contribution in [2.24, 2.45) is 0 Å². The summed E-state index contributed by atoms with van der Waals surface area (Å²) in [4.78, 5) is 14.0. The molecule has 3 heteroatoms. The van der Waals surface area contributed by atoms with E-state index >= 15 is 0 Å². The van der Waals surface area contributed by atoms with E-state index in [1.54, 1.807) is 6.92 Å². The molecule has 0 atom stereocenters. The molecule has 0 saturated heterocycles. The summed E-state index contributed by atoms with van der Waals surface area (Å²) < 4.78 is 5.69. The number of benzene rings is 1. The Morgan fingerprint density at radius 1 is 1.30 bits per heavy atom. The second-order valence-corrected chi connectivity index (χ2v) is 5.38. The van der Waals surface area contributed by atoms with Crippen molar-refractivity contribution in [3.63, 3.8) is 0 Å². The van der Waals surface area contributed by atoms with Gasteiger partial charge < -0.3 is 4.74 Å². The minimum absolute atomic E-state index is 0.0980. The Balaban J connectivity index is 3.04. The Bertz CT molecular complexity index is 441. The van der Waals surface area contributed by atoms with Gasteiger partial charge in [-0.3, -0.25) is 9.69 Å². The third kappa shape index (κ3) is 4.64. The first-order valence-electron chi connectivity index (χ1n) is 7.50. The van der Waals surface area contributed by atoms with Crippen LogP contribution in [0.2, 0.25) is 0 Å². The van der Waals surface area contributed by atoms with Crippen LogP contribution in [0.4, 0.5) is 0 Å². The number of nitrogens with zero attached hydrogens (tertiary/aromatic N) is 1. The van der Waals surface area contributed by atoms with Crippen molar-refractivity contribution in [1.82, 2.24) is 4.90 Å². The van der Waals surface area contributed by atoms with Crippen LogP contribution in [0.15, 0.2) is 18.2 Å². The molecular formula is C17H27NO2. The summed E-state index contributed by atoms with van der Waals surface area (Å²) in [6.45, 7) is 12.7. The van der Waals surface area contributed by atoms with E-state index in [1.807, 2.05) is 25.1 Å². The molecule has 0 bridgehead atoms. The van der Waals surface area contributed by atoms with Crippen LogP contribution in [0.1, 0.15) is 57.0 Å². The second-order valence-electron chi connectivity index (χ2n) is 5.38. The van der Waals surface area contributed by atoms with Crippen LogP contribution in [-0.4, -0.2) is 29.9 Å². The van der Waals surface area contributed by atoms with Gasteiger partial charge in [-0.05, 0) is 58.9 Å². The number of hydrogen-bond acceptors (Lipinski definition) is 3. The maximum atomic E-state index is 11.6. The maximum Gasteiger partial charge on any atom is 0.159 e. The van der Waals surface area contributed by atoms with Crippen LogP contribution in [0.3, 0.4) is 0 Å². The van der Waals surface area contributed by atoms with E-state index in [1.165, 1.54) is 0 Å². The highest BCUT2D eigenvalue weighted by atomic mass is 16.5. The first kappa shape index (κ1) is 16.7. The van der Waals surface area contributed by atoms with Gasteiger partial charge in [-0.1, -0.05) is 6.92 Å². The first-order valence-corrected chi connectivity index (χ1v) is 7.50. The molecule has 0 fully saturated rings. The standard InChI is InChI=1S/C17H27NO2/c1-6-10-18(13(3)4)12-16-11-15(14(5)19)8-9-17(16)20-7-2/h8-9,11,13H,6-7,10,12H2,1-5H3. The van der Waals surface area contributed by atoms with E-state index in [0.717, 1.165) is 36.4 Å². The molecule has 1 rings (SSSR count). The minimum atomic E-state index is 0.0980. The lowest BCUT2D eigenvalue weighted by molar-refractivity contribution is 0.101. The van der Waals surface area contributed by atoms with Crippen molar-refractivity contribution < 1.29 is 9.53 Å². The minimum Gasteiger partial charge on any atom is -0.494 e. The van der Waals surface area contributed by atoms with Gasteiger partial charge in [0.2, 0.25) is 0 Å². The van der Waals surface area contributed by atoms with Gasteiger partial charge in [-0.25, -0.2) is 0 Å². The van der Waals surface area contributed by atoms with Crippen LogP contribution in [0, 0.1) is 0 Å². The number of rotatable bonds is 8. The Morgan fingerprint density at radius 3 is 2.50 bits per heavy atom. The number of ketones is 1. The average molecular weight is 277 g/mol. The number of ether oxygens (including phenoxy) is 1. The molecular weight excluding hydrogens is 250 g/mol. The van der Waals surface area contributed by atoms with Crippen molar-refractivity contribution in [3.8, 4) is 5.75 Å². The third-order valence-corrected chi connectivity index (χ3v) is 3.38. The molecule has 0 aliphatic heterocycles. The molecule has 0 aliphatic carbocycles. The molecule has 0 aliphatic rings. The van der Waals surface area contributed by atoms with Gasteiger partial charge in [0.1, 0.15) is 5.75 Å². The quantitative estimate of drug-likeness (QED) is 0.675. The number of hydrogen-bond donors (Lipinski definition) is 0. The molecule has 0 unspecified atom stereocenters. The van der Waals surface area contributed by atoms with Gasteiger partial charge in [0, 0.05) is 23.7 Å². The fourth-order valence-corrected chi connectivity index (χ4v) is 2.24. The zero-order valence-corrected chi connectivity index (χ0v) is 13.4. The van der Waals surface area contributed by atoms with Crippen LogP contribution in [0.5, 0.6) is 5.75 Å². The van der Waals surface area contributed by atoms with E-state index in [2.05, 4.69) is 25.7 Å². The van der Waals surface area contributed by atoms with Gasteiger partial charge in [-0.2, -0.15) is 0 Å².